The third-order valence-electron chi connectivity index (χ3n) is 4.45. The number of carbonyl (C=O) groups is 3. The maximum Gasteiger partial charge on any atom is 0.347 e. The van der Waals surface area contributed by atoms with Crippen molar-refractivity contribution in [3.05, 3.63) is 41.8 Å². The molecule has 1 aromatic carbocycles. The van der Waals surface area contributed by atoms with Gasteiger partial charge in [-0.1, -0.05) is 18.2 Å². The highest BCUT2D eigenvalue weighted by atomic mass is 16.5. The van der Waals surface area contributed by atoms with Gasteiger partial charge in [-0.3, -0.25) is 9.59 Å². The normalized spacial score (nSPS) is 18.1. The number of anilines is 1. The Labute approximate surface area is 156 Å². The predicted octanol–water partition coefficient (Wildman–Crippen LogP) is 1.26. The summed E-state index contributed by atoms with van der Waals surface area (Å²) in [5.74, 6) is -1.97. The number of rotatable bonds is 7. The number of nitriles is 1. The summed E-state index contributed by atoms with van der Waals surface area (Å²) in [7, 11) is 0. The second kappa shape index (κ2) is 7.50. The van der Waals surface area contributed by atoms with E-state index in [9.17, 15) is 19.6 Å². The quantitative estimate of drug-likeness (QED) is 0.549. The van der Waals surface area contributed by atoms with Gasteiger partial charge in [0.15, 0.2) is 18.8 Å². The van der Waals surface area contributed by atoms with Gasteiger partial charge in [-0.05, 0) is 37.8 Å². The Bertz CT molecular complexity index is 839. The van der Waals surface area contributed by atoms with Crippen LogP contribution >= 0.6 is 0 Å². The van der Waals surface area contributed by atoms with E-state index in [4.69, 9.17) is 9.47 Å². The SMILES string of the molecule is C[C@@](C#N)(NC(=O)COC(=O)C1=C(Nc2ccccc2)OCC1=O)C1CC1. The summed E-state index contributed by atoms with van der Waals surface area (Å²) in [6.07, 6.45) is 1.74. The number of nitrogens with zero attached hydrogens (tertiary/aromatic N) is 1. The standard InChI is InChI=1S/C19H19N3O5/c1-19(11-20,12-7-8-12)22-15(24)10-27-18(25)16-14(23)9-26-17(16)21-13-5-3-2-4-6-13/h2-6,12,21H,7-10H2,1H3,(H,22,24)/t19-/m0/s1. The Hall–Kier alpha value is -3.34. The van der Waals surface area contributed by atoms with Crippen molar-refractivity contribution in [1.82, 2.24) is 5.32 Å². The zero-order valence-electron chi connectivity index (χ0n) is 14.8. The first-order valence-electron chi connectivity index (χ1n) is 8.54. The molecule has 140 valence electrons. The van der Waals surface area contributed by atoms with E-state index >= 15 is 0 Å². The third-order valence-corrected chi connectivity index (χ3v) is 4.45. The zero-order valence-corrected chi connectivity index (χ0v) is 14.8. The number of esters is 1. The van der Waals surface area contributed by atoms with E-state index in [0.29, 0.717) is 5.69 Å². The molecule has 0 radical (unpaired) electrons. The number of ether oxygens (including phenoxy) is 2. The lowest BCUT2D eigenvalue weighted by Gasteiger charge is -2.22. The first-order valence-corrected chi connectivity index (χ1v) is 8.54. The van der Waals surface area contributed by atoms with E-state index in [1.54, 1.807) is 31.2 Å². The Kier molecular flexibility index (Phi) is 5.12. The van der Waals surface area contributed by atoms with Crippen LogP contribution in [0.25, 0.3) is 0 Å². The molecule has 27 heavy (non-hydrogen) atoms. The number of hydrogen-bond acceptors (Lipinski definition) is 7. The minimum Gasteiger partial charge on any atom is -0.470 e. The number of nitrogens with one attached hydrogen (secondary N) is 2. The van der Waals surface area contributed by atoms with E-state index in [1.807, 2.05) is 6.07 Å². The Balaban J connectivity index is 1.61. The van der Waals surface area contributed by atoms with Gasteiger partial charge >= 0.3 is 5.97 Å². The summed E-state index contributed by atoms with van der Waals surface area (Å²) in [4.78, 5) is 36.3. The van der Waals surface area contributed by atoms with Gasteiger partial charge in [-0.2, -0.15) is 5.26 Å². The molecule has 1 aromatic rings. The number of para-hydroxylation sites is 1. The number of Topliss-reactive ketones (excluding diaryl/α,β-unsaturated/α-hetero) is 1. The maximum atomic E-state index is 12.3. The molecule has 0 saturated heterocycles. The van der Waals surface area contributed by atoms with Gasteiger partial charge in [0.1, 0.15) is 5.54 Å². The minimum absolute atomic E-state index is 0.00329. The summed E-state index contributed by atoms with van der Waals surface area (Å²) >= 11 is 0. The molecule has 1 saturated carbocycles. The molecule has 1 fully saturated rings. The topological polar surface area (TPSA) is 118 Å². The highest BCUT2D eigenvalue weighted by Crippen LogP contribution is 2.39. The average Bonchev–Trinajstić information content (AvgIpc) is 3.46. The summed E-state index contributed by atoms with van der Waals surface area (Å²) in [5.41, 5.74) is -0.605. The molecule has 1 atom stereocenters. The van der Waals surface area contributed by atoms with E-state index in [1.165, 1.54) is 0 Å². The van der Waals surface area contributed by atoms with Crippen LogP contribution in [0.1, 0.15) is 19.8 Å². The van der Waals surface area contributed by atoms with E-state index in [0.717, 1.165) is 12.8 Å². The highest BCUT2D eigenvalue weighted by molar-refractivity contribution is 6.20. The number of carbonyl (C=O) groups excluding carboxylic acids is 3. The molecule has 3 rings (SSSR count). The van der Waals surface area contributed by atoms with Gasteiger partial charge in [0.05, 0.1) is 6.07 Å². The molecule has 8 heteroatoms. The van der Waals surface area contributed by atoms with Crippen LogP contribution in [0.2, 0.25) is 0 Å². The Morgan fingerprint density at radius 2 is 2.04 bits per heavy atom. The fourth-order valence-corrected chi connectivity index (χ4v) is 2.78. The van der Waals surface area contributed by atoms with Crippen molar-refractivity contribution in [3.63, 3.8) is 0 Å². The molecular formula is C19H19N3O5. The minimum atomic E-state index is -0.977. The van der Waals surface area contributed by atoms with Gasteiger partial charge in [-0.15, -0.1) is 0 Å². The van der Waals surface area contributed by atoms with Gasteiger partial charge in [-0.25, -0.2) is 4.79 Å². The average molecular weight is 369 g/mol. The smallest absolute Gasteiger partial charge is 0.347 e. The van der Waals surface area contributed by atoms with Gasteiger partial charge in [0.2, 0.25) is 11.7 Å². The van der Waals surface area contributed by atoms with Crippen LogP contribution in [-0.4, -0.2) is 36.4 Å². The molecule has 1 aliphatic carbocycles. The fraction of sp³-hybridized carbons (Fsp3) is 0.368. The van der Waals surface area contributed by atoms with Crippen LogP contribution in [0.5, 0.6) is 0 Å². The number of benzene rings is 1. The van der Waals surface area contributed by atoms with Crippen molar-refractivity contribution in [1.29, 1.82) is 5.26 Å². The van der Waals surface area contributed by atoms with Crippen molar-refractivity contribution >= 4 is 23.3 Å². The summed E-state index contributed by atoms with van der Waals surface area (Å²) < 4.78 is 10.2. The van der Waals surface area contributed by atoms with Crippen molar-refractivity contribution < 1.29 is 23.9 Å². The molecule has 2 N–H and O–H groups in total. The van der Waals surface area contributed by atoms with Gasteiger partial charge < -0.3 is 20.1 Å². The molecule has 0 aromatic heterocycles. The first-order chi connectivity index (χ1) is 12.9. The van der Waals surface area contributed by atoms with Gasteiger partial charge in [0, 0.05) is 5.69 Å². The van der Waals surface area contributed by atoms with Crippen LogP contribution in [0.3, 0.4) is 0 Å². The fourth-order valence-electron chi connectivity index (χ4n) is 2.78. The third kappa shape index (κ3) is 4.26. The summed E-state index contributed by atoms with van der Waals surface area (Å²) in [6, 6.07) is 11.0. The van der Waals surface area contributed by atoms with E-state index in [2.05, 4.69) is 16.7 Å². The molecular weight excluding hydrogens is 350 g/mol. The largest absolute Gasteiger partial charge is 0.470 e. The maximum absolute atomic E-state index is 12.3. The van der Waals surface area contributed by atoms with Crippen molar-refractivity contribution in [2.75, 3.05) is 18.5 Å². The van der Waals surface area contributed by atoms with Crippen molar-refractivity contribution in [3.8, 4) is 6.07 Å². The molecule has 1 heterocycles. The van der Waals surface area contributed by atoms with Crippen molar-refractivity contribution in [2.24, 2.45) is 5.92 Å². The molecule has 0 spiro atoms. The monoisotopic (exact) mass is 369 g/mol. The van der Waals surface area contributed by atoms with E-state index in [-0.39, 0.29) is 24.0 Å². The summed E-state index contributed by atoms with van der Waals surface area (Å²) in [6.45, 7) is 0.779. The molecule has 1 amide bonds. The Morgan fingerprint density at radius 1 is 1.33 bits per heavy atom. The number of amides is 1. The van der Waals surface area contributed by atoms with Gasteiger partial charge in [0.25, 0.3) is 5.91 Å². The summed E-state index contributed by atoms with van der Waals surface area (Å²) in [5, 5.41) is 14.7. The molecule has 8 nitrogen and oxygen atoms in total. The zero-order chi connectivity index (χ0) is 19.4. The number of ketones is 1. The van der Waals surface area contributed by atoms with Crippen LogP contribution < -0.4 is 10.6 Å². The Morgan fingerprint density at radius 3 is 2.67 bits per heavy atom. The molecule has 0 bridgehead atoms. The van der Waals surface area contributed by atoms with E-state index < -0.39 is 29.8 Å². The van der Waals surface area contributed by atoms with Crippen molar-refractivity contribution in [2.45, 2.75) is 25.3 Å². The lowest BCUT2D eigenvalue weighted by Crippen LogP contribution is -2.48. The van der Waals surface area contributed by atoms with Crippen LogP contribution in [0.4, 0.5) is 5.69 Å². The van der Waals surface area contributed by atoms with Crippen LogP contribution in [0.15, 0.2) is 41.8 Å². The first kappa shape index (κ1) is 18.5. The number of hydrogen-bond donors (Lipinski definition) is 2. The lowest BCUT2D eigenvalue weighted by atomic mass is 9.98. The second-order valence-corrected chi connectivity index (χ2v) is 6.62. The van der Waals surface area contributed by atoms with Crippen LogP contribution in [0, 0.1) is 17.2 Å². The highest BCUT2D eigenvalue weighted by Gasteiger charge is 2.43. The molecule has 0 unspecified atom stereocenters. The molecule has 2 aliphatic rings. The van der Waals surface area contributed by atoms with Crippen LogP contribution in [-0.2, 0) is 23.9 Å². The lowest BCUT2D eigenvalue weighted by molar-refractivity contribution is -0.146. The predicted molar refractivity (Wildman–Crippen MR) is 93.9 cm³/mol. The second-order valence-electron chi connectivity index (χ2n) is 6.62. The molecule has 1 aliphatic heterocycles.